The van der Waals surface area contributed by atoms with Gasteiger partial charge in [0.15, 0.2) is 0 Å². The molecule has 1 aliphatic rings. The Labute approximate surface area is 195 Å². The molecule has 1 aliphatic heterocycles. The molecule has 1 unspecified atom stereocenters. The first-order valence-corrected chi connectivity index (χ1v) is 11.6. The summed E-state index contributed by atoms with van der Waals surface area (Å²) < 4.78 is 19.2. The maximum atomic E-state index is 13.4. The standard InChI is InChI=1S/C26H33FN2O4/c1-3-19(2)18-33-24-12-8-20(9-13-24)15-25(30)29(16-21-6-10-22(27)11-7-21)23-5-4-14-28(17-23)26(31)32/h6-13,19,23H,3-5,14-18H2,1-2H3,(H,31,32)/t19?,23-/m0/s1. The third kappa shape index (κ3) is 7.20. The number of rotatable bonds is 9. The number of nitrogens with zero attached hydrogens (tertiary/aromatic N) is 2. The minimum atomic E-state index is -0.970. The number of piperidine rings is 1. The van der Waals surface area contributed by atoms with Gasteiger partial charge in [-0.15, -0.1) is 0 Å². The van der Waals surface area contributed by atoms with Gasteiger partial charge in [-0.2, -0.15) is 0 Å². The summed E-state index contributed by atoms with van der Waals surface area (Å²) in [6.07, 6.45) is 1.72. The summed E-state index contributed by atoms with van der Waals surface area (Å²) in [5, 5.41) is 9.42. The molecule has 0 aliphatic carbocycles. The molecule has 178 valence electrons. The van der Waals surface area contributed by atoms with E-state index in [1.54, 1.807) is 17.0 Å². The van der Waals surface area contributed by atoms with Crippen molar-refractivity contribution >= 4 is 12.0 Å². The van der Waals surface area contributed by atoms with Crippen molar-refractivity contribution < 1.29 is 23.8 Å². The van der Waals surface area contributed by atoms with E-state index in [0.717, 1.165) is 29.7 Å². The molecule has 2 amide bonds. The number of carboxylic acid groups (broad SMARTS) is 1. The van der Waals surface area contributed by atoms with Gasteiger partial charge in [0, 0.05) is 25.7 Å². The van der Waals surface area contributed by atoms with E-state index in [4.69, 9.17) is 4.74 Å². The van der Waals surface area contributed by atoms with Gasteiger partial charge in [-0.05, 0) is 54.2 Å². The minimum Gasteiger partial charge on any atom is -0.493 e. The molecule has 0 radical (unpaired) electrons. The second kappa shape index (κ2) is 11.7. The molecule has 0 spiro atoms. The zero-order valence-electron chi connectivity index (χ0n) is 19.4. The van der Waals surface area contributed by atoms with Crippen LogP contribution in [0.4, 0.5) is 9.18 Å². The van der Waals surface area contributed by atoms with Gasteiger partial charge >= 0.3 is 6.09 Å². The van der Waals surface area contributed by atoms with Gasteiger partial charge in [-0.3, -0.25) is 4.79 Å². The minimum absolute atomic E-state index is 0.0789. The van der Waals surface area contributed by atoms with E-state index in [1.165, 1.54) is 17.0 Å². The van der Waals surface area contributed by atoms with Crippen LogP contribution in [0.3, 0.4) is 0 Å². The van der Waals surface area contributed by atoms with Crippen molar-refractivity contribution in [3.63, 3.8) is 0 Å². The Morgan fingerprint density at radius 2 is 1.82 bits per heavy atom. The molecule has 1 fully saturated rings. The van der Waals surface area contributed by atoms with E-state index in [-0.39, 0.29) is 30.7 Å². The zero-order chi connectivity index (χ0) is 23.8. The molecule has 7 heteroatoms. The normalized spacial score (nSPS) is 16.8. The number of ether oxygens (including phenoxy) is 1. The van der Waals surface area contributed by atoms with Gasteiger partial charge in [0.2, 0.25) is 5.91 Å². The Hall–Kier alpha value is -3.09. The number of amides is 2. The zero-order valence-corrected chi connectivity index (χ0v) is 19.4. The van der Waals surface area contributed by atoms with E-state index >= 15 is 0 Å². The first kappa shape index (κ1) is 24.6. The molecular weight excluding hydrogens is 423 g/mol. The smallest absolute Gasteiger partial charge is 0.407 e. The lowest BCUT2D eigenvalue weighted by Crippen LogP contribution is -2.51. The molecule has 3 rings (SSSR count). The molecule has 0 bridgehead atoms. The van der Waals surface area contributed by atoms with Crippen LogP contribution in [0, 0.1) is 11.7 Å². The Balaban J connectivity index is 1.71. The second-order valence-electron chi connectivity index (χ2n) is 8.82. The fourth-order valence-electron chi connectivity index (χ4n) is 3.93. The molecule has 2 aromatic carbocycles. The number of hydrogen-bond acceptors (Lipinski definition) is 3. The van der Waals surface area contributed by atoms with Crippen molar-refractivity contribution in [2.45, 2.75) is 52.1 Å². The largest absolute Gasteiger partial charge is 0.493 e. The van der Waals surface area contributed by atoms with Crippen molar-refractivity contribution in [2.24, 2.45) is 5.92 Å². The van der Waals surface area contributed by atoms with E-state index in [9.17, 15) is 19.1 Å². The van der Waals surface area contributed by atoms with Crippen molar-refractivity contribution in [3.8, 4) is 5.75 Å². The quantitative estimate of drug-likeness (QED) is 0.579. The van der Waals surface area contributed by atoms with Gasteiger partial charge in [0.1, 0.15) is 11.6 Å². The van der Waals surface area contributed by atoms with Crippen LogP contribution >= 0.6 is 0 Å². The predicted molar refractivity (Wildman–Crippen MR) is 125 cm³/mol. The SMILES string of the molecule is CCC(C)COc1ccc(CC(=O)N(Cc2ccc(F)cc2)[C@H]2CCCN(C(=O)O)C2)cc1. The number of carbonyl (C=O) groups is 2. The second-order valence-corrected chi connectivity index (χ2v) is 8.82. The van der Waals surface area contributed by atoms with Crippen LogP contribution in [0.2, 0.25) is 0 Å². The maximum absolute atomic E-state index is 13.4. The Morgan fingerprint density at radius 3 is 2.45 bits per heavy atom. The molecule has 1 N–H and O–H groups in total. The average Bonchev–Trinajstić information content (AvgIpc) is 2.83. The highest BCUT2D eigenvalue weighted by atomic mass is 19.1. The van der Waals surface area contributed by atoms with Gasteiger partial charge in [0.25, 0.3) is 0 Å². The Bertz CT molecular complexity index is 917. The lowest BCUT2D eigenvalue weighted by atomic mass is 10.0. The number of benzene rings is 2. The van der Waals surface area contributed by atoms with Crippen molar-refractivity contribution in [1.29, 1.82) is 0 Å². The molecule has 2 atom stereocenters. The third-order valence-corrected chi connectivity index (χ3v) is 6.20. The lowest BCUT2D eigenvalue weighted by molar-refractivity contribution is -0.134. The topological polar surface area (TPSA) is 70.1 Å². The molecule has 33 heavy (non-hydrogen) atoms. The number of halogens is 1. The Kier molecular flexibility index (Phi) is 8.69. The first-order chi connectivity index (χ1) is 15.9. The van der Waals surface area contributed by atoms with Gasteiger partial charge in [-0.25, -0.2) is 9.18 Å². The van der Waals surface area contributed by atoms with Gasteiger partial charge < -0.3 is 19.6 Å². The summed E-state index contributed by atoms with van der Waals surface area (Å²) in [5.74, 6) is 0.845. The number of carbonyl (C=O) groups excluding carboxylic acids is 1. The van der Waals surface area contributed by atoms with Gasteiger partial charge in [-0.1, -0.05) is 44.5 Å². The van der Waals surface area contributed by atoms with Crippen LogP contribution in [0.1, 0.15) is 44.2 Å². The van der Waals surface area contributed by atoms with Crippen molar-refractivity contribution in [1.82, 2.24) is 9.80 Å². The van der Waals surface area contributed by atoms with E-state index < -0.39 is 6.09 Å². The molecule has 6 nitrogen and oxygen atoms in total. The highest BCUT2D eigenvalue weighted by molar-refractivity contribution is 5.79. The fourth-order valence-corrected chi connectivity index (χ4v) is 3.93. The van der Waals surface area contributed by atoms with Crippen LogP contribution in [0.25, 0.3) is 0 Å². The van der Waals surface area contributed by atoms with Crippen molar-refractivity contribution in [2.75, 3.05) is 19.7 Å². The van der Waals surface area contributed by atoms with Crippen molar-refractivity contribution in [3.05, 3.63) is 65.5 Å². The number of likely N-dealkylation sites (tertiary alicyclic amines) is 1. The summed E-state index contributed by atoms with van der Waals surface area (Å²) in [7, 11) is 0. The molecule has 2 aromatic rings. The molecule has 0 aromatic heterocycles. The average molecular weight is 457 g/mol. The highest BCUT2D eigenvalue weighted by Gasteiger charge is 2.30. The van der Waals surface area contributed by atoms with E-state index in [2.05, 4.69) is 13.8 Å². The maximum Gasteiger partial charge on any atom is 0.407 e. The highest BCUT2D eigenvalue weighted by Crippen LogP contribution is 2.21. The lowest BCUT2D eigenvalue weighted by Gasteiger charge is -2.38. The van der Waals surface area contributed by atoms with Gasteiger partial charge in [0.05, 0.1) is 13.0 Å². The third-order valence-electron chi connectivity index (χ3n) is 6.20. The predicted octanol–water partition coefficient (Wildman–Crippen LogP) is 4.96. The summed E-state index contributed by atoms with van der Waals surface area (Å²) in [6.45, 7) is 5.99. The number of hydrogen-bond donors (Lipinski definition) is 1. The monoisotopic (exact) mass is 456 g/mol. The van der Waals surface area contributed by atoms with Crippen LogP contribution in [0.15, 0.2) is 48.5 Å². The fraction of sp³-hybridized carbons (Fsp3) is 0.462. The van der Waals surface area contributed by atoms with Crippen LogP contribution in [0.5, 0.6) is 5.75 Å². The van der Waals surface area contributed by atoms with Crippen LogP contribution in [-0.4, -0.2) is 52.6 Å². The molecular formula is C26H33FN2O4. The van der Waals surface area contributed by atoms with Crippen LogP contribution in [-0.2, 0) is 17.8 Å². The molecule has 0 saturated carbocycles. The van der Waals surface area contributed by atoms with Crippen LogP contribution < -0.4 is 4.74 Å². The summed E-state index contributed by atoms with van der Waals surface area (Å²) >= 11 is 0. The summed E-state index contributed by atoms with van der Waals surface area (Å²) in [4.78, 5) is 28.0. The van der Waals surface area contributed by atoms with E-state index in [0.29, 0.717) is 32.0 Å². The van der Waals surface area contributed by atoms with E-state index in [1.807, 2.05) is 24.3 Å². The Morgan fingerprint density at radius 1 is 1.15 bits per heavy atom. The first-order valence-electron chi connectivity index (χ1n) is 11.6. The molecule has 1 heterocycles. The molecule has 1 saturated heterocycles. The summed E-state index contributed by atoms with van der Waals surface area (Å²) in [5.41, 5.74) is 1.68. The summed E-state index contributed by atoms with van der Waals surface area (Å²) in [6, 6.07) is 13.4.